The number of hydrogen-bond donors (Lipinski definition) is 1. The molecule has 0 bridgehead atoms. The molecule has 16 heavy (non-hydrogen) atoms. The average Bonchev–Trinajstić information content (AvgIpc) is 2.66. The van der Waals surface area contributed by atoms with Gasteiger partial charge in [-0.3, -0.25) is 0 Å². The minimum absolute atomic E-state index is 0.233. The third-order valence-electron chi connectivity index (χ3n) is 2.25. The number of aromatic nitrogens is 1. The van der Waals surface area contributed by atoms with Gasteiger partial charge in [-0.15, -0.1) is 0 Å². The van der Waals surface area contributed by atoms with E-state index in [2.05, 4.69) is 0 Å². The Morgan fingerprint density at radius 1 is 1.38 bits per heavy atom. The molecule has 3 nitrogen and oxygen atoms in total. The largest absolute Gasteiger partial charge is 0.478 e. The summed E-state index contributed by atoms with van der Waals surface area (Å²) in [6, 6.07) is 7.75. The van der Waals surface area contributed by atoms with Gasteiger partial charge >= 0.3 is 5.97 Å². The van der Waals surface area contributed by atoms with E-state index in [9.17, 15) is 9.18 Å². The Morgan fingerprint density at radius 3 is 2.81 bits per heavy atom. The lowest BCUT2D eigenvalue weighted by Crippen LogP contribution is -1.98. The standard InChI is InChI=1S/C12H10FNO2/c13-11-3-1-2-9(6-11)7-14-5-4-10(8-14)12(15)16/h1-6,8H,7H2,(H,15,16). The SMILES string of the molecule is O=C(O)c1ccn(Cc2cccc(F)c2)c1. The Balaban J connectivity index is 2.17. The third kappa shape index (κ3) is 2.28. The van der Waals surface area contributed by atoms with E-state index in [1.807, 2.05) is 0 Å². The van der Waals surface area contributed by atoms with E-state index >= 15 is 0 Å². The molecule has 0 saturated carbocycles. The van der Waals surface area contributed by atoms with E-state index < -0.39 is 5.97 Å². The first-order chi connectivity index (χ1) is 7.65. The second kappa shape index (κ2) is 4.18. The molecule has 0 spiro atoms. The maximum atomic E-state index is 12.9. The number of carboxylic acids is 1. The summed E-state index contributed by atoms with van der Waals surface area (Å²) in [4.78, 5) is 10.6. The van der Waals surface area contributed by atoms with Crippen LogP contribution in [0.15, 0.2) is 42.7 Å². The molecule has 1 aromatic carbocycles. The quantitative estimate of drug-likeness (QED) is 0.861. The lowest BCUT2D eigenvalue weighted by atomic mass is 10.2. The highest BCUT2D eigenvalue weighted by atomic mass is 19.1. The van der Waals surface area contributed by atoms with Crippen molar-refractivity contribution in [1.29, 1.82) is 0 Å². The van der Waals surface area contributed by atoms with Gasteiger partial charge in [0.25, 0.3) is 0 Å². The van der Waals surface area contributed by atoms with Crippen molar-refractivity contribution < 1.29 is 14.3 Å². The highest BCUT2D eigenvalue weighted by molar-refractivity contribution is 5.87. The monoisotopic (exact) mass is 219 g/mol. The van der Waals surface area contributed by atoms with Gasteiger partial charge in [0, 0.05) is 18.9 Å². The molecular formula is C12H10FNO2. The molecule has 0 amide bonds. The van der Waals surface area contributed by atoms with Crippen molar-refractivity contribution in [2.75, 3.05) is 0 Å². The fourth-order valence-corrected chi connectivity index (χ4v) is 1.51. The lowest BCUT2D eigenvalue weighted by Gasteiger charge is -2.02. The van der Waals surface area contributed by atoms with Crippen molar-refractivity contribution in [3.05, 3.63) is 59.7 Å². The van der Waals surface area contributed by atoms with Gasteiger partial charge < -0.3 is 9.67 Å². The van der Waals surface area contributed by atoms with Crippen LogP contribution in [0.5, 0.6) is 0 Å². The first-order valence-corrected chi connectivity index (χ1v) is 4.78. The predicted octanol–water partition coefficient (Wildman–Crippen LogP) is 2.37. The van der Waals surface area contributed by atoms with Crippen LogP contribution in [0.4, 0.5) is 4.39 Å². The van der Waals surface area contributed by atoms with E-state index in [0.717, 1.165) is 5.56 Å². The highest BCUT2D eigenvalue weighted by Crippen LogP contribution is 2.08. The van der Waals surface area contributed by atoms with E-state index in [0.29, 0.717) is 6.54 Å². The smallest absolute Gasteiger partial charge is 0.337 e. The number of aromatic carboxylic acids is 1. The maximum absolute atomic E-state index is 12.9. The Kier molecular flexibility index (Phi) is 2.72. The number of rotatable bonds is 3. The molecule has 1 heterocycles. The molecule has 0 radical (unpaired) electrons. The van der Waals surface area contributed by atoms with Crippen molar-refractivity contribution in [2.45, 2.75) is 6.54 Å². The van der Waals surface area contributed by atoms with Crippen molar-refractivity contribution in [3.63, 3.8) is 0 Å². The Hall–Kier alpha value is -2.10. The van der Waals surface area contributed by atoms with E-state index in [1.54, 1.807) is 22.9 Å². The van der Waals surface area contributed by atoms with Gasteiger partial charge in [-0.05, 0) is 23.8 Å². The van der Waals surface area contributed by atoms with Crippen molar-refractivity contribution in [1.82, 2.24) is 4.57 Å². The summed E-state index contributed by atoms with van der Waals surface area (Å²) in [6.45, 7) is 0.463. The molecule has 2 rings (SSSR count). The summed E-state index contributed by atoms with van der Waals surface area (Å²) < 4.78 is 14.6. The number of benzene rings is 1. The summed E-state index contributed by atoms with van der Waals surface area (Å²) >= 11 is 0. The Bertz CT molecular complexity index is 519. The summed E-state index contributed by atoms with van der Waals surface area (Å²) in [5, 5.41) is 8.74. The van der Waals surface area contributed by atoms with Gasteiger partial charge in [0.15, 0.2) is 0 Å². The Labute approximate surface area is 91.8 Å². The third-order valence-corrected chi connectivity index (χ3v) is 2.25. The highest BCUT2D eigenvalue weighted by Gasteiger charge is 2.04. The van der Waals surface area contributed by atoms with Crippen LogP contribution in [-0.2, 0) is 6.54 Å². The van der Waals surface area contributed by atoms with Crippen LogP contribution < -0.4 is 0 Å². The van der Waals surface area contributed by atoms with Crippen LogP contribution in [0.3, 0.4) is 0 Å². The van der Waals surface area contributed by atoms with Crippen LogP contribution in [0.1, 0.15) is 15.9 Å². The average molecular weight is 219 g/mol. The summed E-state index contributed by atoms with van der Waals surface area (Å²) in [6.07, 6.45) is 3.18. The lowest BCUT2D eigenvalue weighted by molar-refractivity contribution is 0.0697. The molecule has 4 heteroatoms. The molecular weight excluding hydrogens is 209 g/mol. The van der Waals surface area contributed by atoms with Gasteiger partial charge in [0.1, 0.15) is 5.82 Å². The summed E-state index contributed by atoms with van der Waals surface area (Å²) in [7, 11) is 0. The zero-order chi connectivity index (χ0) is 11.5. The van der Waals surface area contributed by atoms with Crippen LogP contribution in [0.25, 0.3) is 0 Å². The molecule has 0 aliphatic heterocycles. The normalized spacial score (nSPS) is 10.3. The molecule has 0 unspecified atom stereocenters. The number of carboxylic acid groups (broad SMARTS) is 1. The van der Waals surface area contributed by atoms with Crippen LogP contribution >= 0.6 is 0 Å². The predicted molar refractivity (Wildman–Crippen MR) is 56.9 cm³/mol. The first kappa shape index (κ1) is 10.4. The molecule has 0 aliphatic rings. The fraction of sp³-hybridized carbons (Fsp3) is 0.0833. The summed E-state index contributed by atoms with van der Waals surface area (Å²) in [5.74, 6) is -1.25. The summed E-state index contributed by atoms with van der Waals surface area (Å²) in [5.41, 5.74) is 1.03. The van der Waals surface area contributed by atoms with E-state index in [4.69, 9.17) is 5.11 Å². The van der Waals surface area contributed by atoms with Gasteiger partial charge in [0.2, 0.25) is 0 Å². The topological polar surface area (TPSA) is 42.2 Å². The Morgan fingerprint density at radius 2 is 2.19 bits per heavy atom. The number of halogens is 1. The van der Waals surface area contributed by atoms with Crippen molar-refractivity contribution in [2.24, 2.45) is 0 Å². The van der Waals surface area contributed by atoms with Crippen LogP contribution in [-0.4, -0.2) is 15.6 Å². The molecule has 1 N–H and O–H groups in total. The van der Waals surface area contributed by atoms with E-state index in [1.165, 1.54) is 24.4 Å². The zero-order valence-corrected chi connectivity index (χ0v) is 8.43. The van der Waals surface area contributed by atoms with Crippen LogP contribution in [0, 0.1) is 5.82 Å². The number of hydrogen-bond acceptors (Lipinski definition) is 1. The molecule has 0 fully saturated rings. The molecule has 0 aliphatic carbocycles. The van der Waals surface area contributed by atoms with Gasteiger partial charge in [-0.2, -0.15) is 0 Å². The first-order valence-electron chi connectivity index (χ1n) is 4.78. The molecule has 0 atom stereocenters. The van der Waals surface area contributed by atoms with Crippen molar-refractivity contribution in [3.8, 4) is 0 Å². The molecule has 0 saturated heterocycles. The number of nitrogens with zero attached hydrogens (tertiary/aromatic N) is 1. The van der Waals surface area contributed by atoms with Gasteiger partial charge in [0.05, 0.1) is 5.56 Å². The molecule has 82 valence electrons. The minimum atomic E-state index is -0.960. The van der Waals surface area contributed by atoms with Gasteiger partial charge in [-0.1, -0.05) is 12.1 Å². The minimum Gasteiger partial charge on any atom is -0.478 e. The van der Waals surface area contributed by atoms with Gasteiger partial charge in [-0.25, -0.2) is 9.18 Å². The number of carbonyl (C=O) groups is 1. The molecule has 2 aromatic rings. The second-order valence-electron chi connectivity index (χ2n) is 3.51. The zero-order valence-electron chi connectivity index (χ0n) is 8.43. The van der Waals surface area contributed by atoms with E-state index in [-0.39, 0.29) is 11.4 Å². The maximum Gasteiger partial charge on any atom is 0.337 e. The second-order valence-corrected chi connectivity index (χ2v) is 3.51. The molecule has 1 aromatic heterocycles. The fourth-order valence-electron chi connectivity index (χ4n) is 1.51. The van der Waals surface area contributed by atoms with Crippen LogP contribution in [0.2, 0.25) is 0 Å². The van der Waals surface area contributed by atoms with Crippen molar-refractivity contribution >= 4 is 5.97 Å².